The lowest BCUT2D eigenvalue weighted by molar-refractivity contribution is -0.136. The number of rotatable bonds is 6. The highest BCUT2D eigenvalue weighted by atomic mass is 32.2. The fraction of sp³-hybridized carbons (Fsp3) is 0.545. The maximum absolute atomic E-state index is 13.4. The number of piperazine rings is 1. The van der Waals surface area contributed by atoms with Gasteiger partial charge in [-0.25, -0.2) is 26.9 Å². The lowest BCUT2D eigenvalue weighted by Gasteiger charge is -2.44. The number of pyridine rings is 1. The van der Waals surface area contributed by atoms with Crippen LogP contribution < -0.4 is 9.62 Å². The van der Waals surface area contributed by atoms with E-state index in [0.717, 1.165) is 12.8 Å². The molecule has 15 heteroatoms. The minimum atomic E-state index is -4.03. The van der Waals surface area contributed by atoms with E-state index in [1.165, 1.54) is 22.9 Å². The van der Waals surface area contributed by atoms with Crippen LogP contribution in [-0.4, -0.2) is 89.6 Å². The highest BCUT2D eigenvalue weighted by Crippen LogP contribution is 2.32. The van der Waals surface area contributed by atoms with Crippen LogP contribution in [0.4, 0.5) is 14.5 Å². The number of piperidine rings is 1. The first kappa shape index (κ1) is 26.0. The predicted octanol–water partition coefficient (Wildman–Crippen LogP) is 2.15. The van der Waals surface area contributed by atoms with Gasteiger partial charge in [-0.1, -0.05) is 0 Å². The highest BCUT2D eigenvalue weighted by Gasteiger charge is 2.39. The number of imidazole rings is 1. The van der Waals surface area contributed by atoms with Gasteiger partial charge in [-0.15, -0.1) is 0 Å². The summed E-state index contributed by atoms with van der Waals surface area (Å²) in [6.07, 6.45) is 1.76. The monoisotopic (exact) mass is 557 g/mol. The third kappa shape index (κ3) is 4.96. The molecule has 2 aromatic rings. The van der Waals surface area contributed by atoms with E-state index >= 15 is 0 Å². The Kier molecular flexibility index (Phi) is 6.75. The number of sulfonamides is 1. The van der Waals surface area contributed by atoms with Crippen LogP contribution in [0.15, 0.2) is 23.4 Å². The Bertz CT molecular complexity index is 1380. The smallest absolute Gasteiger partial charge is 0.285 e. The quantitative estimate of drug-likeness (QED) is 0.365. The van der Waals surface area contributed by atoms with Crippen molar-refractivity contribution < 1.29 is 28.2 Å². The van der Waals surface area contributed by atoms with E-state index in [1.54, 1.807) is 6.92 Å². The summed E-state index contributed by atoms with van der Waals surface area (Å²) in [5.74, 6) is 0.118. The summed E-state index contributed by atoms with van der Waals surface area (Å²) in [7, 11) is -4.03. The summed E-state index contributed by atoms with van der Waals surface area (Å²) in [5, 5.41) is 14.4. The van der Waals surface area contributed by atoms with E-state index in [-0.39, 0.29) is 54.0 Å². The maximum atomic E-state index is 13.4. The first-order chi connectivity index (χ1) is 17.5. The number of aromatic nitrogens is 2. The van der Waals surface area contributed by atoms with Gasteiger partial charge in [0.25, 0.3) is 6.43 Å². The number of ether oxygens (including phenoxy) is 1. The lowest BCUT2D eigenvalue weighted by atomic mass is 9.98. The Morgan fingerprint density at radius 3 is 2.78 bits per heavy atom. The van der Waals surface area contributed by atoms with Gasteiger partial charge in [0.2, 0.25) is 15.9 Å². The summed E-state index contributed by atoms with van der Waals surface area (Å²) in [6.45, 7) is 3.64. The summed E-state index contributed by atoms with van der Waals surface area (Å²) in [6, 6.07) is 1.52. The number of carbonyl (C=O) groups excluding carboxylic acids is 1. The average Bonchev–Trinajstić information content (AvgIpc) is 3.26. The molecule has 37 heavy (non-hydrogen) atoms. The van der Waals surface area contributed by atoms with Crippen LogP contribution in [0, 0.1) is 10.8 Å². The van der Waals surface area contributed by atoms with E-state index in [4.69, 9.17) is 15.6 Å². The second-order valence-corrected chi connectivity index (χ2v) is 12.5. The van der Waals surface area contributed by atoms with Crippen molar-refractivity contribution in [2.45, 2.75) is 49.1 Å². The van der Waals surface area contributed by atoms with Crippen LogP contribution in [-0.2, 0) is 19.6 Å². The van der Waals surface area contributed by atoms with Crippen LogP contribution in [0.2, 0.25) is 0 Å². The van der Waals surface area contributed by atoms with Gasteiger partial charge in [-0.3, -0.25) is 20.0 Å². The molecule has 0 spiro atoms. The van der Waals surface area contributed by atoms with Gasteiger partial charge in [-0.2, -0.15) is 0 Å². The van der Waals surface area contributed by atoms with Gasteiger partial charge in [0.1, 0.15) is 15.0 Å². The van der Waals surface area contributed by atoms with E-state index < -0.39 is 27.0 Å². The number of anilines is 1. The molecule has 11 nitrogen and oxygen atoms in total. The van der Waals surface area contributed by atoms with Crippen LogP contribution in [0.5, 0.6) is 0 Å². The Labute approximate surface area is 218 Å². The molecule has 3 saturated heterocycles. The van der Waals surface area contributed by atoms with Crippen LogP contribution in [0.3, 0.4) is 0 Å². The molecule has 3 aliphatic heterocycles. The number of nitrogens with zero attached hydrogens (tertiary/aromatic N) is 4. The zero-order valence-electron chi connectivity index (χ0n) is 20.0. The third-order valence-corrected chi connectivity index (χ3v) is 9.22. The zero-order valence-corrected chi connectivity index (χ0v) is 21.7. The minimum absolute atomic E-state index is 0. The summed E-state index contributed by atoms with van der Waals surface area (Å²) < 4.78 is 61.9. The number of amides is 1. The van der Waals surface area contributed by atoms with Crippen molar-refractivity contribution in [3.05, 3.63) is 24.2 Å². The topological polar surface area (TPSA) is 144 Å². The van der Waals surface area contributed by atoms with E-state index in [2.05, 4.69) is 9.71 Å². The van der Waals surface area contributed by atoms with Crippen molar-refractivity contribution >= 4 is 49.1 Å². The van der Waals surface area contributed by atoms with Crippen LogP contribution >= 0.6 is 11.8 Å². The molecule has 0 aromatic carbocycles. The number of hydrogen-bond donors (Lipinski definition) is 3. The van der Waals surface area contributed by atoms with Gasteiger partial charge in [-0.05, 0) is 37.6 Å². The van der Waals surface area contributed by atoms with Crippen molar-refractivity contribution in [3.8, 4) is 0 Å². The van der Waals surface area contributed by atoms with E-state index in [1.807, 2.05) is 9.80 Å². The molecular weight excluding hydrogens is 528 g/mol. The Morgan fingerprint density at radius 1 is 1.35 bits per heavy atom. The van der Waals surface area contributed by atoms with Crippen molar-refractivity contribution in [3.63, 3.8) is 0 Å². The Morgan fingerprint density at radius 2 is 2.11 bits per heavy atom. The standard InChI is InChI=1S/C22H27F2N7O4S2.H2/c1-22(11-35-12-22)28-37(33,34)14-7-15(29-5-6-30-13(9-29)3-2-4-17(30)32)21-27-8-16(31(21)10-14)19(25)36-20(26)18(23)24;/h7-8,10,13,18,25-26,28H,2-6,9,11-12H2,1H3;1H/t13-;/m0./s1. The molecule has 202 valence electrons. The molecule has 5 heterocycles. The van der Waals surface area contributed by atoms with E-state index in [0.29, 0.717) is 37.4 Å². The molecule has 1 amide bonds. The molecule has 0 radical (unpaired) electrons. The Hall–Kier alpha value is -2.62. The van der Waals surface area contributed by atoms with Gasteiger partial charge >= 0.3 is 0 Å². The number of fused-ring (bicyclic) bond motifs is 2. The average molecular weight is 558 g/mol. The number of hydrogen-bond acceptors (Lipinski definition) is 9. The largest absolute Gasteiger partial charge is 0.377 e. The fourth-order valence-corrected chi connectivity index (χ4v) is 6.89. The van der Waals surface area contributed by atoms with Gasteiger partial charge in [0, 0.05) is 39.7 Å². The molecule has 3 fully saturated rings. The molecule has 3 aliphatic rings. The first-order valence-electron chi connectivity index (χ1n) is 11.8. The maximum Gasteiger partial charge on any atom is 0.285 e. The van der Waals surface area contributed by atoms with Crippen molar-refractivity contribution in [1.82, 2.24) is 19.0 Å². The second kappa shape index (κ2) is 9.60. The lowest BCUT2D eigenvalue weighted by Crippen LogP contribution is -2.59. The summed E-state index contributed by atoms with van der Waals surface area (Å²) in [4.78, 5) is 20.5. The van der Waals surface area contributed by atoms with Crippen molar-refractivity contribution in [1.29, 1.82) is 10.8 Å². The van der Waals surface area contributed by atoms with Crippen LogP contribution in [0.25, 0.3) is 5.65 Å². The second-order valence-electron chi connectivity index (χ2n) is 9.73. The fourth-order valence-electron chi connectivity index (χ4n) is 4.93. The number of alkyl halides is 2. The molecule has 0 bridgehead atoms. The molecule has 5 rings (SSSR count). The molecular formula is C22H29F2N7O4S2. The number of thioether (sulfide) groups is 1. The number of carbonyl (C=O) groups is 1. The minimum Gasteiger partial charge on any atom is -0.377 e. The van der Waals surface area contributed by atoms with Crippen molar-refractivity contribution in [2.75, 3.05) is 37.7 Å². The third-order valence-electron chi connectivity index (χ3n) is 6.81. The summed E-state index contributed by atoms with van der Waals surface area (Å²) >= 11 is 0.289. The molecule has 3 N–H and O–H groups in total. The first-order valence-corrected chi connectivity index (χ1v) is 14.1. The van der Waals surface area contributed by atoms with E-state index in [9.17, 15) is 22.0 Å². The highest BCUT2D eigenvalue weighted by molar-refractivity contribution is 8.26. The summed E-state index contributed by atoms with van der Waals surface area (Å²) in [5.41, 5.74) is 0.197. The zero-order chi connectivity index (χ0) is 26.5. The predicted molar refractivity (Wildman–Crippen MR) is 137 cm³/mol. The SMILES string of the molecule is CC1(NS(=O)(=O)c2cc(N3CCN4C(=O)CCC[C@H]4C3)c3ncc(C(=N)SC(=N)C(F)F)n3c2)COC1.[HH]. The van der Waals surface area contributed by atoms with Crippen molar-refractivity contribution in [2.24, 2.45) is 0 Å². The molecule has 1 atom stereocenters. The molecule has 2 aromatic heterocycles. The van der Waals surface area contributed by atoms with Crippen LogP contribution in [0.1, 0.15) is 33.3 Å². The van der Waals surface area contributed by atoms with Gasteiger partial charge in [0.05, 0.1) is 36.3 Å². The number of nitrogens with one attached hydrogen (secondary N) is 3. The van der Waals surface area contributed by atoms with Gasteiger partial charge < -0.3 is 14.5 Å². The normalized spacial score (nSPS) is 21.7. The van der Waals surface area contributed by atoms with Gasteiger partial charge in [0.15, 0.2) is 5.65 Å². The number of halogens is 2. The molecule has 0 unspecified atom stereocenters. The Balaban J connectivity index is 0.00000336. The molecule has 0 saturated carbocycles. The molecule has 0 aliphatic carbocycles.